The van der Waals surface area contributed by atoms with Crippen molar-refractivity contribution in [3.05, 3.63) is 55.0 Å². The van der Waals surface area contributed by atoms with Crippen molar-refractivity contribution < 1.29 is 9.90 Å². The molecular weight excluding hydrogens is 244 g/mol. The number of hydrogen-bond donors (Lipinski definition) is 2. The van der Waals surface area contributed by atoms with E-state index in [-0.39, 0.29) is 11.4 Å². The fourth-order valence-electron chi connectivity index (χ4n) is 1.40. The van der Waals surface area contributed by atoms with Gasteiger partial charge in [-0.3, -0.25) is 14.3 Å². The number of aromatic carboxylic acids is 1. The number of carbonyl (C=O) groups is 1. The third-order valence-electron chi connectivity index (χ3n) is 2.18. The summed E-state index contributed by atoms with van der Waals surface area (Å²) in [6, 6.07) is 2.86. The Bertz CT molecular complexity index is 667. The van der Waals surface area contributed by atoms with E-state index >= 15 is 0 Å². The van der Waals surface area contributed by atoms with Crippen molar-refractivity contribution >= 4 is 17.3 Å². The van der Waals surface area contributed by atoms with Crippen LogP contribution in [0.4, 0.5) is 0 Å². The number of hydrogen-bond acceptors (Lipinski definition) is 4. The van der Waals surface area contributed by atoms with Gasteiger partial charge in [-0.1, -0.05) is 0 Å². The molecule has 0 atom stereocenters. The minimum Gasteiger partial charge on any atom is -0.477 e. The molecule has 0 saturated carbocycles. The fourth-order valence-corrected chi connectivity index (χ4v) is 2.15. The second-order valence-corrected chi connectivity index (χ2v) is 4.23. The van der Waals surface area contributed by atoms with Gasteiger partial charge < -0.3 is 5.11 Å². The third-order valence-corrected chi connectivity index (χ3v) is 3.12. The number of thiophene rings is 1. The monoisotopic (exact) mass is 252 g/mol. The number of aromatic amines is 1. The minimum atomic E-state index is -1.02. The molecule has 0 fully saturated rings. The summed E-state index contributed by atoms with van der Waals surface area (Å²) in [5.41, 5.74) is -0.494. The number of carboxylic acid groups (broad SMARTS) is 1. The van der Waals surface area contributed by atoms with Crippen LogP contribution < -0.4 is 11.2 Å². The van der Waals surface area contributed by atoms with Crippen molar-refractivity contribution in [1.29, 1.82) is 0 Å². The van der Waals surface area contributed by atoms with E-state index in [4.69, 9.17) is 5.11 Å². The lowest BCUT2D eigenvalue weighted by atomic mass is 10.2. The van der Waals surface area contributed by atoms with Crippen LogP contribution >= 0.6 is 11.3 Å². The minimum absolute atomic E-state index is 0.126. The molecule has 0 bridgehead atoms. The quantitative estimate of drug-likeness (QED) is 0.824. The molecule has 0 saturated heterocycles. The molecule has 7 heteroatoms. The highest BCUT2D eigenvalue weighted by atomic mass is 32.1. The summed E-state index contributed by atoms with van der Waals surface area (Å²) < 4.78 is 1.25. The van der Waals surface area contributed by atoms with E-state index in [0.29, 0.717) is 5.56 Å². The highest BCUT2D eigenvalue weighted by molar-refractivity contribution is 7.12. The van der Waals surface area contributed by atoms with Crippen molar-refractivity contribution in [3.8, 4) is 0 Å². The van der Waals surface area contributed by atoms with Crippen LogP contribution in [0.3, 0.4) is 0 Å². The van der Waals surface area contributed by atoms with Crippen LogP contribution in [-0.2, 0) is 6.54 Å². The number of rotatable bonds is 3. The second kappa shape index (κ2) is 4.38. The van der Waals surface area contributed by atoms with E-state index in [1.807, 2.05) is 0 Å². The van der Waals surface area contributed by atoms with Crippen molar-refractivity contribution in [2.24, 2.45) is 0 Å². The van der Waals surface area contributed by atoms with Gasteiger partial charge in [-0.15, -0.1) is 11.3 Å². The zero-order valence-corrected chi connectivity index (χ0v) is 9.36. The predicted molar refractivity (Wildman–Crippen MR) is 61.7 cm³/mol. The lowest BCUT2D eigenvalue weighted by Crippen LogP contribution is -2.29. The maximum absolute atomic E-state index is 11.4. The Balaban J connectivity index is 2.38. The molecule has 2 heterocycles. The molecule has 0 amide bonds. The van der Waals surface area contributed by atoms with Crippen molar-refractivity contribution in [3.63, 3.8) is 0 Å². The highest BCUT2D eigenvalue weighted by Gasteiger charge is 2.12. The van der Waals surface area contributed by atoms with E-state index in [9.17, 15) is 14.4 Å². The normalized spacial score (nSPS) is 10.4. The van der Waals surface area contributed by atoms with E-state index in [0.717, 1.165) is 11.3 Å². The number of aromatic nitrogens is 2. The Labute approximate surface area is 98.8 Å². The van der Waals surface area contributed by atoms with Gasteiger partial charge >= 0.3 is 11.7 Å². The van der Waals surface area contributed by atoms with Gasteiger partial charge in [0.25, 0.3) is 5.56 Å². The summed E-state index contributed by atoms with van der Waals surface area (Å²) >= 11 is 1.10. The Morgan fingerprint density at radius 2 is 2.18 bits per heavy atom. The van der Waals surface area contributed by atoms with Gasteiger partial charge in [-0.2, -0.15) is 0 Å². The molecule has 2 aromatic heterocycles. The molecule has 88 valence electrons. The number of carboxylic acids is 1. The van der Waals surface area contributed by atoms with Crippen LogP contribution in [-0.4, -0.2) is 20.6 Å². The van der Waals surface area contributed by atoms with Gasteiger partial charge in [0.2, 0.25) is 0 Å². The van der Waals surface area contributed by atoms with Crippen molar-refractivity contribution in [2.75, 3.05) is 0 Å². The summed E-state index contributed by atoms with van der Waals surface area (Å²) in [5.74, 6) is -1.02. The molecule has 17 heavy (non-hydrogen) atoms. The molecular formula is C10H8N2O4S. The van der Waals surface area contributed by atoms with Crippen molar-refractivity contribution in [1.82, 2.24) is 9.55 Å². The van der Waals surface area contributed by atoms with Crippen LogP contribution in [0.1, 0.15) is 15.2 Å². The van der Waals surface area contributed by atoms with Gasteiger partial charge in [0.1, 0.15) is 4.88 Å². The van der Waals surface area contributed by atoms with Crippen molar-refractivity contribution in [2.45, 2.75) is 6.54 Å². The summed E-state index contributed by atoms with van der Waals surface area (Å²) in [7, 11) is 0. The Hall–Kier alpha value is -2.15. The molecule has 0 unspecified atom stereocenters. The maximum Gasteiger partial charge on any atom is 0.346 e. The number of nitrogens with one attached hydrogen (secondary N) is 1. The average Bonchev–Trinajstić information content (AvgIpc) is 2.70. The molecule has 2 N–H and O–H groups in total. The standard InChI is InChI=1S/C10H8N2O4S/c13-7-1-3-12(10(16)11-7)5-6-2-4-17-8(6)9(14)15/h1-4H,5H2,(H,14,15)(H,11,13,16). The first-order valence-electron chi connectivity index (χ1n) is 4.67. The highest BCUT2D eigenvalue weighted by Crippen LogP contribution is 2.17. The van der Waals surface area contributed by atoms with E-state index < -0.39 is 17.2 Å². The topological polar surface area (TPSA) is 92.2 Å². The average molecular weight is 252 g/mol. The van der Waals surface area contributed by atoms with Gasteiger partial charge in [0.05, 0.1) is 6.54 Å². The molecule has 0 aromatic carbocycles. The zero-order chi connectivity index (χ0) is 12.4. The first-order valence-corrected chi connectivity index (χ1v) is 5.55. The fraction of sp³-hybridized carbons (Fsp3) is 0.100. The molecule has 2 aromatic rings. The number of H-pyrrole nitrogens is 1. The molecule has 0 aliphatic heterocycles. The summed E-state index contributed by atoms with van der Waals surface area (Å²) in [6.07, 6.45) is 1.34. The molecule has 0 aliphatic carbocycles. The molecule has 0 spiro atoms. The second-order valence-electron chi connectivity index (χ2n) is 3.32. The summed E-state index contributed by atoms with van der Waals surface area (Å²) in [5, 5.41) is 10.6. The van der Waals surface area contributed by atoms with Crippen LogP contribution in [0.15, 0.2) is 33.3 Å². The molecule has 0 aliphatic rings. The van der Waals surface area contributed by atoms with Crippen LogP contribution in [0.25, 0.3) is 0 Å². The predicted octanol–water partition coefficient (Wildman–Crippen LogP) is 0.345. The van der Waals surface area contributed by atoms with Crippen LogP contribution in [0.5, 0.6) is 0 Å². The molecule has 6 nitrogen and oxygen atoms in total. The molecule has 0 radical (unpaired) electrons. The van der Waals surface area contributed by atoms with E-state index in [1.54, 1.807) is 11.4 Å². The Kier molecular flexibility index (Phi) is 2.92. The Morgan fingerprint density at radius 3 is 2.82 bits per heavy atom. The lowest BCUT2D eigenvalue weighted by molar-refractivity contribution is 0.0701. The van der Waals surface area contributed by atoms with Gasteiger partial charge in [0.15, 0.2) is 0 Å². The maximum atomic E-state index is 11.4. The van der Waals surface area contributed by atoms with Crippen LogP contribution in [0.2, 0.25) is 0 Å². The summed E-state index contributed by atoms with van der Waals surface area (Å²) in [6.45, 7) is 0.126. The molecule has 2 rings (SSSR count). The zero-order valence-electron chi connectivity index (χ0n) is 8.54. The van der Waals surface area contributed by atoms with E-state index in [1.165, 1.54) is 16.8 Å². The first-order chi connectivity index (χ1) is 8.08. The van der Waals surface area contributed by atoms with Gasteiger partial charge in [-0.25, -0.2) is 9.59 Å². The number of nitrogens with zero attached hydrogens (tertiary/aromatic N) is 1. The summed E-state index contributed by atoms with van der Waals surface area (Å²) in [4.78, 5) is 35.5. The SMILES string of the molecule is O=C(O)c1sccc1Cn1ccc(=O)[nH]c1=O. The van der Waals surface area contributed by atoms with E-state index in [2.05, 4.69) is 4.98 Å². The Morgan fingerprint density at radius 1 is 1.41 bits per heavy atom. The third kappa shape index (κ3) is 2.34. The van der Waals surface area contributed by atoms with Gasteiger partial charge in [-0.05, 0) is 17.0 Å². The van der Waals surface area contributed by atoms with Crippen LogP contribution in [0, 0.1) is 0 Å². The largest absolute Gasteiger partial charge is 0.477 e. The lowest BCUT2D eigenvalue weighted by Gasteiger charge is -2.03. The smallest absolute Gasteiger partial charge is 0.346 e. The van der Waals surface area contributed by atoms with Gasteiger partial charge in [0, 0.05) is 12.3 Å². The first kappa shape index (κ1) is 11.3.